The Labute approximate surface area is 191 Å². The van der Waals surface area contributed by atoms with Gasteiger partial charge < -0.3 is 10.2 Å². The Morgan fingerprint density at radius 3 is 2.77 bits per heavy atom. The van der Waals surface area contributed by atoms with E-state index in [1.807, 2.05) is 39.1 Å². The van der Waals surface area contributed by atoms with Gasteiger partial charge in [-0.3, -0.25) is 14.2 Å². The van der Waals surface area contributed by atoms with Gasteiger partial charge in [-0.2, -0.15) is 0 Å². The zero-order valence-corrected chi connectivity index (χ0v) is 19.8. The summed E-state index contributed by atoms with van der Waals surface area (Å²) in [6, 6.07) is 10.2. The van der Waals surface area contributed by atoms with E-state index in [-0.39, 0.29) is 17.2 Å². The number of carbonyl (C=O) groups excluding carboxylic acids is 1. The number of aryl methyl sites for hydroxylation is 2. The average Bonchev–Trinajstić information content (AvgIpc) is 3.06. The first-order valence-corrected chi connectivity index (χ1v) is 12.0. The number of para-hydroxylation sites is 1. The highest BCUT2D eigenvalue weighted by atomic mass is 32.2. The number of aromatic nitrogens is 2. The molecule has 6 nitrogen and oxygen atoms in total. The maximum Gasteiger partial charge on any atom is 0.263 e. The zero-order valence-electron chi connectivity index (χ0n) is 18.2. The quantitative estimate of drug-likeness (QED) is 0.216. The molecule has 0 fully saturated rings. The van der Waals surface area contributed by atoms with E-state index < -0.39 is 0 Å². The molecular formula is C23H28N4O2S2. The number of thioether (sulfide) groups is 1. The number of carbonyl (C=O) groups is 1. The first-order valence-electron chi connectivity index (χ1n) is 10.2. The van der Waals surface area contributed by atoms with Crippen LogP contribution in [-0.4, -0.2) is 41.3 Å². The molecular weight excluding hydrogens is 428 g/mol. The van der Waals surface area contributed by atoms with E-state index in [0.29, 0.717) is 23.6 Å². The van der Waals surface area contributed by atoms with Crippen molar-refractivity contribution < 1.29 is 4.79 Å². The standard InChI is InChI=1S/C23H28N4O2S2/c1-5-13-27-22(29)20-16(2)17(3)31-21(20)25-23(27)30-15-19(28)24-12-9-14-26(4)18-10-7-6-8-11-18/h5-8,10-11H,1,9,12-15H2,2-4H3,(H,24,28). The van der Waals surface area contributed by atoms with E-state index in [4.69, 9.17) is 0 Å². The third kappa shape index (κ3) is 5.57. The minimum Gasteiger partial charge on any atom is -0.375 e. The van der Waals surface area contributed by atoms with Gasteiger partial charge >= 0.3 is 0 Å². The lowest BCUT2D eigenvalue weighted by Gasteiger charge is -2.19. The van der Waals surface area contributed by atoms with Gasteiger partial charge in [0.25, 0.3) is 5.56 Å². The van der Waals surface area contributed by atoms with Gasteiger partial charge in [-0.05, 0) is 38.0 Å². The second-order valence-corrected chi connectivity index (χ2v) is 9.46. The number of nitrogens with one attached hydrogen (secondary N) is 1. The topological polar surface area (TPSA) is 67.2 Å². The van der Waals surface area contributed by atoms with Gasteiger partial charge in [0, 0.05) is 37.2 Å². The number of rotatable bonds is 10. The molecule has 2 aromatic heterocycles. The van der Waals surface area contributed by atoms with E-state index >= 15 is 0 Å². The molecule has 0 bridgehead atoms. The van der Waals surface area contributed by atoms with Crippen molar-refractivity contribution in [2.24, 2.45) is 0 Å². The molecule has 1 N–H and O–H groups in total. The molecule has 8 heteroatoms. The molecule has 3 rings (SSSR count). The summed E-state index contributed by atoms with van der Waals surface area (Å²) in [5.41, 5.74) is 2.06. The van der Waals surface area contributed by atoms with Gasteiger partial charge in [-0.25, -0.2) is 4.98 Å². The number of thiophene rings is 1. The monoisotopic (exact) mass is 456 g/mol. The molecule has 0 spiro atoms. The molecule has 3 aromatic rings. The van der Waals surface area contributed by atoms with Gasteiger partial charge in [0.15, 0.2) is 5.16 Å². The van der Waals surface area contributed by atoms with Crippen LogP contribution in [0, 0.1) is 13.8 Å². The number of benzene rings is 1. The highest BCUT2D eigenvalue weighted by molar-refractivity contribution is 7.99. The Kier molecular flexibility index (Phi) is 7.92. The SMILES string of the molecule is C=CCn1c(SCC(=O)NCCCN(C)c2ccccc2)nc2sc(C)c(C)c2c1=O. The highest BCUT2D eigenvalue weighted by Crippen LogP contribution is 2.28. The molecule has 31 heavy (non-hydrogen) atoms. The van der Waals surface area contributed by atoms with Crippen LogP contribution in [0.5, 0.6) is 0 Å². The molecule has 0 aliphatic rings. The maximum absolute atomic E-state index is 13.0. The Balaban J connectivity index is 1.56. The van der Waals surface area contributed by atoms with Crippen molar-refractivity contribution in [1.82, 2.24) is 14.9 Å². The smallest absolute Gasteiger partial charge is 0.263 e. The first-order chi connectivity index (χ1) is 14.9. The predicted octanol–water partition coefficient (Wildman–Crippen LogP) is 4.00. The number of nitrogens with zero attached hydrogens (tertiary/aromatic N) is 3. The molecule has 1 aromatic carbocycles. The summed E-state index contributed by atoms with van der Waals surface area (Å²) >= 11 is 2.81. The average molecular weight is 457 g/mol. The van der Waals surface area contributed by atoms with Crippen molar-refractivity contribution in [3.63, 3.8) is 0 Å². The molecule has 2 heterocycles. The predicted molar refractivity (Wildman–Crippen MR) is 132 cm³/mol. The third-order valence-corrected chi connectivity index (χ3v) is 7.16. The van der Waals surface area contributed by atoms with E-state index in [0.717, 1.165) is 33.9 Å². The van der Waals surface area contributed by atoms with Gasteiger partial charge in [0.2, 0.25) is 5.91 Å². The summed E-state index contributed by atoms with van der Waals surface area (Å²) < 4.78 is 1.60. The largest absolute Gasteiger partial charge is 0.375 e. The number of hydrogen-bond donors (Lipinski definition) is 1. The summed E-state index contributed by atoms with van der Waals surface area (Å²) in [6.45, 7) is 9.52. The molecule has 0 saturated heterocycles. The zero-order chi connectivity index (χ0) is 22.4. The van der Waals surface area contributed by atoms with Gasteiger partial charge in [-0.1, -0.05) is 36.0 Å². The van der Waals surface area contributed by atoms with E-state index in [1.165, 1.54) is 23.1 Å². The summed E-state index contributed by atoms with van der Waals surface area (Å²) in [4.78, 5) is 34.0. The number of anilines is 1. The fourth-order valence-corrected chi connectivity index (χ4v) is 5.15. The van der Waals surface area contributed by atoms with Crippen molar-refractivity contribution >= 4 is 44.9 Å². The van der Waals surface area contributed by atoms with Crippen molar-refractivity contribution in [1.29, 1.82) is 0 Å². The van der Waals surface area contributed by atoms with Crippen LogP contribution in [0.4, 0.5) is 5.69 Å². The van der Waals surface area contributed by atoms with E-state index in [2.05, 4.69) is 33.9 Å². The number of allylic oxidation sites excluding steroid dienone is 1. The molecule has 1 amide bonds. The molecule has 0 unspecified atom stereocenters. The minimum atomic E-state index is -0.0707. The fraction of sp³-hybridized carbons (Fsp3) is 0.348. The number of hydrogen-bond acceptors (Lipinski definition) is 6. The lowest BCUT2D eigenvalue weighted by Crippen LogP contribution is -2.30. The maximum atomic E-state index is 13.0. The molecule has 164 valence electrons. The Morgan fingerprint density at radius 2 is 2.06 bits per heavy atom. The fourth-order valence-electron chi connectivity index (χ4n) is 3.25. The van der Waals surface area contributed by atoms with E-state index in [9.17, 15) is 9.59 Å². The number of amides is 1. The Morgan fingerprint density at radius 1 is 1.32 bits per heavy atom. The molecule has 0 aliphatic heterocycles. The summed E-state index contributed by atoms with van der Waals surface area (Å²) in [5, 5.41) is 4.18. The normalized spacial score (nSPS) is 10.9. The van der Waals surface area contributed by atoms with Crippen molar-refractivity contribution in [2.75, 3.05) is 30.8 Å². The minimum absolute atomic E-state index is 0.0644. The van der Waals surface area contributed by atoms with Crippen LogP contribution >= 0.6 is 23.1 Å². The van der Waals surface area contributed by atoms with E-state index in [1.54, 1.807) is 10.6 Å². The number of fused-ring (bicyclic) bond motifs is 1. The Hall–Kier alpha value is -2.58. The van der Waals surface area contributed by atoms with Crippen LogP contribution in [0.25, 0.3) is 10.2 Å². The molecule has 0 radical (unpaired) electrons. The van der Waals surface area contributed by atoms with Gasteiger partial charge in [0.05, 0.1) is 11.1 Å². The van der Waals surface area contributed by atoms with Gasteiger partial charge in [-0.15, -0.1) is 17.9 Å². The van der Waals surface area contributed by atoms with Crippen LogP contribution in [-0.2, 0) is 11.3 Å². The summed E-state index contributed by atoms with van der Waals surface area (Å²) in [6.07, 6.45) is 2.53. The van der Waals surface area contributed by atoms with Crippen molar-refractivity contribution in [3.8, 4) is 0 Å². The lowest BCUT2D eigenvalue weighted by atomic mass is 10.2. The Bertz CT molecular complexity index is 1120. The summed E-state index contributed by atoms with van der Waals surface area (Å²) in [7, 11) is 2.04. The second kappa shape index (κ2) is 10.6. The lowest BCUT2D eigenvalue weighted by molar-refractivity contribution is -0.118. The molecule has 0 aliphatic carbocycles. The van der Waals surface area contributed by atoms with Gasteiger partial charge in [0.1, 0.15) is 4.83 Å². The first kappa shape index (κ1) is 23.1. The van der Waals surface area contributed by atoms with Crippen molar-refractivity contribution in [2.45, 2.75) is 32.0 Å². The van der Waals surface area contributed by atoms with Crippen molar-refractivity contribution in [3.05, 3.63) is 63.8 Å². The van der Waals surface area contributed by atoms with Crippen LogP contribution in [0.1, 0.15) is 16.9 Å². The molecule has 0 saturated carbocycles. The summed E-state index contributed by atoms with van der Waals surface area (Å²) in [5.74, 6) is 0.151. The molecule has 0 atom stereocenters. The second-order valence-electron chi connectivity index (χ2n) is 7.31. The highest BCUT2D eigenvalue weighted by Gasteiger charge is 2.17. The van der Waals surface area contributed by atoms with Crippen LogP contribution in [0.15, 0.2) is 52.9 Å². The van der Waals surface area contributed by atoms with Crippen LogP contribution in [0.2, 0.25) is 0 Å². The third-order valence-electron chi connectivity index (χ3n) is 5.09. The van der Waals surface area contributed by atoms with Crippen LogP contribution < -0.4 is 15.8 Å². The van der Waals surface area contributed by atoms with Crippen LogP contribution in [0.3, 0.4) is 0 Å².